The van der Waals surface area contributed by atoms with E-state index in [1.54, 1.807) is 14.2 Å². The van der Waals surface area contributed by atoms with Gasteiger partial charge in [-0.25, -0.2) is 0 Å². The zero-order chi connectivity index (χ0) is 19.5. The number of methoxy groups -OCH3 is 2. The van der Waals surface area contributed by atoms with Gasteiger partial charge in [0.1, 0.15) is 0 Å². The van der Waals surface area contributed by atoms with E-state index in [1.165, 1.54) is 0 Å². The minimum atomic E-state index is -0.108. The van der Waals surface area contributed by atoms with Crippen molar-refractivity contribution in [1.29, 1.82) is 0 Å². The molecule has 0 saturated heterocycles. The Kier molecular flexibility index (Phi) is 10.1. The number of hydrogen-bond acceptors (Lipinski definition) is 5. The van der Waals surface area contributed by atoms with Crippen LogP contribution in [0, 0.1) is 5.92 Å². The Hall–Kier alpha value is -1.79. The quantitative estimate of drug-likeness (QED) is 0.577. The van der Waals surface area contributed by atoms with Gasteiger partial charge in [-0.05, 0) is 44.0 Å². The molecular weight excluding hydrogens is 332 g/mol. The maximum atomic E-state index is 12.2. The molecule has 0 radical (unpaired) electrons. The van der Waals surface area contributed by atoms with E-state index in [9.17, 15) is 4.79 Å². The molecule has 0 aliphatic rings. The van der Waals surface area contributed by atoms with Crippen molar-refractivity contribution in [2.24, 2.45) is 5.92 Å². The fraction of sp³-hybridized carbons (Fsp3) is 0.650. The van der Waals surface area contributed by atoms with E-state index in [-0.39, 0.29) is 11.9 Å². The molecule has 0 aromatic heterocycles. The van der Waals surface area contributed by atoms with Crippen molar-refractivity contribution in [3.63, 3.8) is 0 Å². The van der Waals surface area contributed by atoms with Gasteiger partial charge in [-0.15, -0.1) is 0 Å². The molecule has 148 valence electrons. The summed E-state index contributed by atoms with van der Waals surface area (Å²) in [6, 6.07) is 5.67. The average molecular weight is 367 g/mol. The van der Waals surface area contributed by atoms with E-state index in [1.807, 2.05) is 37.1 Å². The predicted molar refractivity (Wildman–Crippen MR) is 104 cm³/mol. The maximum absolute atomic E-state index is 12.2. The molecule has 1 rings (SSSR count). The van der Waals surface area contributed by atoms with Crippen LogP contribution in [0.3, 0.4) is 0 Å². The van der Waals surface area contributed by atoms with Crippen LogP contribution in [0.15, 0.2) is 18.2 Å². The van der Waals surface area contributed by atoms with E-state index in [2.05, 4.69) is 19.2 Å². The summed E-state index contributed by atoms with van der Waals surface area (Å²) in [4.78, 5) is 14.2. The number of likely N-dealkylation sites (N-methyl/N-ethyl adjacent to an activating group) is 1. The summed E-state index contributed by atoms with van der Waals surface area (Å²) >= 11 is 0. The monoisotopic (exact) mass is 366 g/mol. The summed E-state index contributed by atoms with van der Waals surface area (Å²) in [7, 11) is 5.24. The van der Waals surface area contributed by atoms with Crippen LogP contribution in [0.4, 0.5) is 0 Å². The van der Waals surface area contributed by atoms with Crippen molar-refractivity contribution >= 4 is 5.91 Å². The Morgan fingerprint density at radius 1 is 1.19 bits per heavy atom. The normalized spacial score (nSPS) is 12.3. The summed E-state index contributed by atoms with van der Waals surface area (Å²) in [5.74, 6) is 1.84. The molecule has 1 amide bonds. The molecule has 1 aromatic carbocycles. The van der Waals surface area contributed by atoms with Gasteiger partial charge in [0, 0.05) is 20.3 Å². The Bertz CT molecular complexity index is 549. The van der Waals surface area contributed by atoms with E-state index >= 15 is 0 Å². The van der Waals surface area contributed by atoms with Crippen LogP contribution in [0.5, 0.6) is 11.5 Å². The van der Waals surface area contributed by atoms with Crippen LogP contribution in [0.2, 0.25) is 0 Å². The predicted octanol–water partition coefficient (Wildman–Crippen LogP) is 2.88. The van der Waals surface area contributed by atoms with Crippen LogP contribution in [0.25, 0.3) is 0 Å². The number of ether oxygens (including phenoxy) is 3. The second-order valence-electron chi connectivity index (χ2n) is 6.99. The third-order valence-corrected chi connectivity index (χ3v) is 3.94. The van der Waals surface area contributed by atoms with Crippen molar-refractivity contribution in [2.75, 3.05) is 47.6 Å². The van der Waals surface area contributed by atoms with Gasteiger partial charge in [0.2, 0.25) is 5.91 Å². The number of rotatable bonds is 12. The summed E-state index contributed by atoms with van der Waals surface area (Å²) < 4.78 is 16.2. The number of carbonyl (C=O) groups is 1. The number of benzene rings is 1. The number of nitrogens with zero attached hydrogens (tertiary/aromatic N) is 1. The first-order valence-corrected chi connectivity index (χ1v) is 9.15. The number of carbonyl (C=O) groups excluding carboxylic acids is 1. The van der Waals surface area contributed by atoms with E-state index < -0.39 is 0 Å². The van der Waals surface area contributed by atoms with Crippen LogP contribution in [0.1, 0.15) is 38.8 Å². The lowest BCUT2D eigenvalue weighted by Gasteiger charge is -2.20. The first-order valence-electron chi connectivity index (χ1n) is 9.15. The molecule has 1 atom stereocenters. The lowest BCUT2D eigenvalue weighted by atomic mass is 10.1. The fourth-order valence-electron chi connectivity index (χ4n) is 2.50. The molecule has 1 unspecified atom stereocenters. The lowest BCUT2D eigenvalue weighted by Crippen LogP contribution is -2.37. The Labute approximate surface area is 157 Å². The summed E-state index contributed by atoms with van der Waals surface area (Å²) in [5.41, 5.74) is 0.981. The van der Waals surface area contributed by atoms with Gasteiger partial charge in [-0.3, -0.25) is 9.69 Å². The van der Waals surface area contributed by atoms with Crippen molar-refractivity contribution in [2.45, 2.75) is 33.2 Å². The number of nitrogens with one attached hydrogen (secondary N) is 1. The standard InChI is InChI=1S/C20H34N2O4/c1-15(2)14-26-18-9-8-17(12-19(18)25-6)16(3)21-20(23)13-22(4)10-7-11-24-5/h8-9,12,15-16H,7,10-11,13-14H2,1-6H3,(H,21,23). The topological polar surface area (TPSA) is 60.0 Å². The van der Waals surface area contributed by atoms with Crippen molar-refractivity contribution in [3.05, 3.63) is 23.8 Å². The minimum absolute atomic E-state index is 0.00322. The van der Waals surface area contributed by atoms with Crippen molar-refractivity contribution < 1.29 is 19.0 Å². The van der Waals surface area contributed by atoms with Gasteiger partial charge in [-0.1, -0.05) is 19.9 Å². The molecule has 0 spiro atoms. The first-order chi connectivity index (χ1) is 12.4. The Morgan fingerprint density at radius 2 is 1.92 bits per heavy atom. The molecule has 1 aromatic rings. The van der Waals surface area contributed by atoms with Gasteiger partial charge in [0.05, 0.1) is 26.3 Å². The summed E-state index contributed by atoms with van der Waals surface area (Å²) in [6.45, 7) is 8.69. The Balaban J connectivity index is 2.60. The van der Waals surface area contributed by atoms with E-state index in [0.29, 0.717) is 31.4 Å². The smallest absolute Gasteiger partial charge is 0.234 e. The second-order valence-corrected chi connectivity index (χ2v) is 6.99. The third kappa shape index (κ3) is 8.06. The molecular formula is C20H34N2O4. The zero-order valence-electron chi connectivity index (χ0n) is 17.0. The second kappa shape index (κ2) is 11.8. The highest BCUT2D eigenvalue weighted by Crippen LogP contribution is 2.30. The average Bonchev–Trinajstić information content (AvgIpc) is 2.59. The van der Waals surface area contributed by atoms with E-state index in [0.717, 1.165) is 24.3 Å². The van der Waals surface area contributed by atoms with E-state index in [4.69, 9.17) is 14.2 Å². The van der Waals surface area contributed by atoms with Crippen LogP contribution < -0.4 is 14.8 Å². The zero-order valence-corrected chi connectivity index (χ0v) is 17.0. The molecule has 6 heteroatoms. The SMILES string of the molecule is COCCCN(C)CC(=O)NC(C)c1ccc(OCC(C)C)c(OC)c1. The minimum Gasteiger partial charge on any atom is -0.493 e. The molecule has 26 heavy (non-hydrogen) atoms. The molecule has 0 fully saturated rings. The fourth-order valence-corrected chi connectivity index (χ4v) is 2.50. The third-order valence-electron chi connectivity index (χ3n) is 3.94. The maximum Gasteiger partial charge on any atom is 0.234 e. The van der Waals surface area contributed by atoms with Crippen LogP contribution >= 0.6 is 0 Å². The molecule has 1 N–H and O–H groups in total. The largest absolute Gasteiger partial charge is 0.493 e. The highest BCUT2D eigenvalue weighted by molar-refractivity contribution is 5.78. The molecule has 0 saturated carbocycles. The molecule has 0 aliphatic carbocycles. The van der Waals surface area contributed by atoms with Crippen LogP contribution in [-0.2, 0) is 9.53 Å². The first kappa shape index (κ1) is 22.3. The Morgan fingerprint density at radius 3 is 2.54 bits per heavy atom. The van der Waals surface area contributed by atoms with Gasteiger partial charge in [0.15, 0.2) is 11.5 Å². The molecule has 6 nitrogen and oxygen atoms in total. The summed E-state index contributed by atoms with van der Waals surface area (Å²) in [6.07, 6.45) is 0.908. The van der Waals surface area contributed by atoms with Crippen LogP contribution in [-0.4, -0.2) is 58.4 Å². The number of amides is 1. The van der Waals surface area contributed by atoms with Gasteiger partial charge in [-0.2, -0.15) is 0 Å². The molecule has 0 bridgehead atoms. The highest BCUT2D eigenvalue weighted by atomic mass is 16.5. The van der Waals surface area contributed by atoms with Crippen molar-refractivity contribution in [1.82, 2.24) is 10.2 Å². The molecule has 0 heterocycles. The van der Waals surface area contributed by atoms with Crippen molar-refractivity contribution in [3.8, 4) is 11.5 Å². The summed E-state index contributed by atoms with van der Waals surface area (Å²) in [5, 5.41) is 3.03. The highest BCUT2D eigenvalue weighted by Gasteiger charge is 2.14. The lowest BCUT2D eigenvalue weighted by molar-refractivity contribution is -0.122. The molecule has 0 aliphatic heterocycles. The van der Waals surface area contributed by atoms with Gasteiger partial charge >= 0.3 is 0 Å². The van der Waals surface area contributed by atoms with Gasteiger partial charge in [0.25, 0.3) is 0 Å². The number of hydrogen-bond donors (Lipinski definition) is 1. The van der Waals surface area contributed by atoms with Gasteiger partial charge < -0.3 is 19.5 Å².